The van der Waals surface area contributed by atoms with E-state index in [0.717, 1.165) is 5.56 Å². The first-order chi connectivity index (χ1) is 16.5. The summed E-state index contributed by atoms with van der Waals surface area (Å²) in [7, 11) is 4.61. The molecule has 4 aromatic rings. The zero-order valence-corrected chi connectivity index (χ0v) is 20.4. The van der Waals surface area contributed by atoms with Crippen LogP contribution in [0.25, 0.3) is 22.4 Å². The topological polar surface area (TPSA) is 93.4 Å². The molecule has 0 N–H and O–H groups in total. The third-order valence-electron chi connectivity index (χ3n) is 4.97. The van der Waals surface area contributed by atoms with Crippen molar-refractivity contribution < 1.29 is 23.7 Å². The van der Waals surface area contributed by atoms with Crippen molar-refractivity contribution in [3.63, 3.8) is 0 Å². The summed E-state index contributed by atoms with van der Waals surface area (Å²) < 4.78 is 29.3. The summed E-state index contributed by atoms with van der Waals surface area (Å²) >= 11 is 1.26. The van der Waals surface area contributed by atoms with E-state index in [2.05, 4.69) is 10.1 Å². The molecule has 178 valence electrons. The van der Waals surface area contributed by atoms with Crippen molar-refractivity contribution in [3.8, 4) is 40.1 Å². The maximum absolute atomic E-state index is 13.0. The van der Waals surface area contributed by atoms with Crippen LogP contribution in [0.3, 0.4) is 0 Å². The highest BCUT2D eigenvalue weighted by Gasteiger charge is 2.18. The molecule has 0 aliphatic carbocycles. The number of thiazole rings is 1. The van der Waals surface area contributed by atoms with E-state index in [1.54, 1.807) is 18.2 Å². The summed E-state index contributed by atoms with van der Waals surface area (Å²) in [4.78, 5) is 18.1. The van der Waals surface area contributed by atoms with Gasteiger partial charge in [0.05, 0.1) is 39.1 Å². The zero-order chi connectivity index (χ0) is 24.2. The number of hydrogen-bond acceptors (Lipinski definition) is 9. The van der Waals surface area contributed by atoms with Gasteiger partial charge in [-0.05, 0) is 49.8 Å². The van der Waals surface area contributed by atoms with Crippen LogP contribution in [0, 0.1) is 0 Å². The lowest BCUT2D eigenvalue weighted by atomic mass is 10.1. The zero-order valence-electron chi connectivity index (χ0n) is 19.6. The van der Waals surface area contributed by atoms with Crippen LogP contribution in [0.2, 0.25) is 0 Å². The number of methoxy groups -OCH3 is 3. The molecule has 2 heterocycles. The highest BCUT2D eigenvalue weighted by atomic mass is 32.1. The summed E-state index contributed by atoms with van der Waals surface area (Å²) in [5, 5.41) is 4.42. The Labute approximate surface area is 200 Å². The van der Waals surface area contributed by atoms with Crippen molar-refractivity contribution in [2.24, 2.45) is 0 Å². The second-order valence-corrected chi connectivity index (χ2v) is 8.04. The fourth-order valence-corrected chi connectivity index (χ4v) is 4.38. The number of benzene rings is 2. The van der Waals surface area contributed by atoms with E-state index in [0.29, 0.717) is 62.8 Å². The maximum Gasteiger partial charge on any atom is 0.291 e. The molecule has 9 nitrogen and oxygen atoms in total. The molecular formula is C24H25N3O6S. The van der Waals surface area contributed by atoms with Gasteiger partial charge >= 0.3 is 0 Å². The largest absolute Gasteiger partial charge is 0.493 e. The summed E-state index contributed by atoms with van der Waals surface area (Å²) in [6, 6.07) is 9.06. The van der Waals surface area contributed by atoms with E-state index in [1.165, 1.54) is 37.2 Å². The molecule has 4 rings (SSSR count). The van der Waals surface area contributed by atoms with Gasteiger partial charge in [-0.15, -0.1) is 5.10 Å². The molecule has 0 fully saturated rings. The van der Waals surface area contributed by atoms with Crippen molar-refractivity contribution in [1.29, 1.82) is 0 Å². The molecule has 34 heavy (non-hydrogen) atoms. The molecule has 0 bridgehead atoms. The second-order valence-electron chi connectivity index (χ2n) is 7.03. The Balaban J connectivity index is 1.75. The van der Waals surface area contributed by atoms with Crippen LogP contribution in [0.4, 0.5) is 0 Å². The minimum absolute atomic E-state index is 0.252. The van der Waals surface area contributed by atoms with Gasteiger partial charge in [-0.2, -0.15) is 9.50 Å². The average molecular weight is 484 g/mol. The predicted octanol–water partition coefficient (Wildman–Crippen LogP) is 3.19. The summed E-state index contributed by atoms with van der Waals surface area (Å²) in [6.07, 6.45) is 1.79. The van der Waals surface area contributed by atoms with E-state index >= 15 is 0 Å². The molecule has 0 spiro atoms. The minimum atomic E-state index is -0.252. The lowest BCUT2D eigenvalue weighted by Gasteiger charge is -2.12. The first kappa shape index (κ1) is 23.4. The van der Waals surface area contributed by atoms with E-state index in [-0.39, 0.29) is 5.56 Å². The van der Waals surface area contributed by atoms with Crippen LogP contribution in [-0.4, -0.2) is 49.1 Å². The van der Waals surface area contributed by atoms with Gasteiger partial charge in [-0.1, -0.05) is 17.4 Å². The Morgan fingerprint density at radius 3 is 2.18 bits per heavy atom. The van der Waals surface area contributed by atoms with Gasteiger partial charge in [0.2, 0.25) is 10.7 Å². The fourth-order valence-electron chi connectivity index (χ4n) is 3.48. The molecule has 0 amide bonds. The van der Waals surface area contributed by atoms with E-state index in [4.69, 9.17) is 23.7 Å². The van der Waals surface area contributed by atoms with Gasteiger partial charge in [0.25, 0.3) is 5.56 Å². The number of ether oxygens (including phenoxy) is 5. The molecule has 0 atom stereocenters. The molecule has 0 unspecified atom stereocenters. The number of hydrogen-bond donors (Lipinski definition) is 0. The standard InChI is InChI=1S/C24H25N3O6S/c1-6-32-16-9-8-14(10-17(16)33-7-2)11-20-23(28)27-24(34-20)25-22(26-27)15-12-18(29-3)21(31-5)19(13-15)30-4/h8-13H,6-7H2,1-5H3. The second kappa shape index (κ2) is 10.0. The summed E-state index contributed by atoms with van der Waals surface area (Å²) in [5.74, 6) is 3.11. The maximum atomic E-state index is 13.0. The lowest BCUT2D eigenvalue weighted by Crippen LogP contribution is -2.23. The molecule has 0 aliphatic rings. The van der Waals surface area contributed by atoms with Crippen molar-refractivity contribution in [2.75, 3.05) is 34.5 Å². The third kappa shape index (κ3) is 4.36. The van der Waals surface area contributed by atoms with Crippen molar-refractivity contribution in [1.82, 2.24) is 14.6 Å². The first-order valence-electron chi connectivity index (χ1n) is 10.6. The van der Waals surface area contributed by atoms with Crippen LogP contribution < -0.4 is 33.8 Å². The predicted molar refractivity (Wildman–Crippen MR) is 130 cm³/mol. The highest BCUT2D eigenvalue weighted by Crippen LogP contribution is 2.40. The molecule has 2 aromatic heterocycles. The Hall–Kier alpha value is -3.79. The monoisotopic (exact) mass is 483 g/mol. The minimum Gasteiger partial charge on any atom is -0.493 e. The van der Waals surface area contributed by atoms with Crippen LogP contribution in [0.5, 0.6) is 28.7 Å². The van der Waals surface area contributed by atoms with Gasteiger partial charge in [0, 0.05) is 5.56 Å². The Morgan fingerprint density at radius 2 is 1.59 bits per heavy atom. The normalized spacial score (nSPS) is 11.6. The molecule has 2 aromatic carbocycles. The fraction of sp³-hybridized carbons (Fsp3) is 0.292. The molecule has 0 radical (unpaired) electrons. The molecule has 10 heteroatoms. The number of fused-ring (bicyclic) bond motifs is 1. The van der Waals surface area contributed by atoms with Crippen LogP contribution in [-0.2, 0) is 0 Å². The number of nitrogens with zero attached hydrogens (tertiary/aromatic N) is 3. The van der Waals surface area contributed by atoms with Crippen molar-refractivity contribution in [3.05, 3.63) is 50.8 Å². The van der Waals surface area contributed by atoms with Gasteiger partial charge in [-0.25, -0.2) is 0 Å². The smallest absolute Gasteiger partial charge is 0.291 e. The summed E-state index contributed by atoms with van der Waals surface area (Å²) in [5.41, 5.74) is 1.21. The van der Waals surface area contributed by atoms with E-state index < -0.39 is 0 Å². The molecular weight excluding hydrogens is 458 g/mol. The van der Waals surface area contributed by atoms with Crippen molar-refractivity contribution >= 4 is 22.4 Å². The highest BCUT2D eigenvalue weighted by molar-refractivity contribution is 7.15. The Morgan fingerprint density at radius 1 is 0.912 bits per heavy atom. The first-order valence-corrected chi connectivity index (χ1v) is 11.5. The quantitative estimate of drug-likeness (QED) is 0.358. The van der Waals surface area contributed by atoms with Gasteiger partial charge in [0.1, 0.15) is 0 Å². The van der Waals surface area contributed by atoms with Gasteiger partial charge < -0.3 is 23.7 Å². The van der Waals surface area contributed by atoms with Crippen molar-refractivity contribution in [2.45, 2.75) is 13.8 Å². The van der Waals surface area contributed by atoms with Gasteiger partial charge in [-0.3, -0.25) is 4.79 Å². The Bertz CT molecular complexity index is 1400. The molecule has 0 saturated heterocycles. The molecule has 0 saturated carbocycles. The van der Waals surface area contributed by atoms with E-state index in [9.17, 15) is 4.79 Å². The summed E-state index contributed by atoms with van der Waals surface area (Å²) in [6.45, 7) is 4.88. The van der Waals surface area contributed by atoms with Gasteiger partial charge in [0.15, 0.2) is 28.8 Å². The van der Waals surface area contributed by atoms with Crippen LogP contribution >= 0.6 is 11.3 Å². The van der Waals surface area contributed by atoms with Crippen LogP contribution in [0.15, 0.2) is 35.1 Å². The van der Waals surface area contributed by atoms with Crippen LogP contribution in [0.1, 0.15) is 19.4 Å². The SMILES string of the molecule is CCOc1ccc(C=c2sc3nc(-c4cc(OC)c(OC)c(OC)c4)nn3c2=O)cc1OCC. The number of aromatic nitrogens is 3. The third-order valence-corrected chi connectivity index (χ3v) is 5.93. The van der Waals surface area contributed by atoms with E-state index in [1.807, 2.05) is 32.0 Å². The number of rotatable bonds is 9. The Kier molecular flexibility index (Phi) is 6.87. The average Bonchev–Trinajstić information content (AvgIpc) is 3.39. The lowest BCUT2D eigenvalue weighted by molar-refractivity contribution is 0.287. The molecule has 0 aliphatic heterocycles.